The van der Waals surface area contributed by atoms with Crippen molar-refractivity contribution in [3.63, 3.8) is 0 Å². The number of carbonyl (C=O) groups excluding carboxylic acids is 1. The maximum Gasteiger partial charge on any atom is 0.250 e. The minimum atomic E-state index is -0.568. The van der Waals surface area contributed by atoms with E-state index in [-0.39, 0.29) is 5.78 Å². The first kappa shape index (κ1) is 14.5. The largest absolute Gasteiger partial charge is 0.356 e. The monoisotopic (exact) mass is 282 g/mol. The SMILES string of the molecule is Cc1ccc(C(=O)c2ccccc2)c(N/C=C/[N+](=O)[O-])c1. The molecule has 2 aromatic carbocycles. The standard InChI is InChI=1S/C16H14N2O3/c1-12-7-8-14(15(11-12)17-9-10-18(20)21)16(19)13-5-3-2-4-6-13/h2-11,17H,1H3/b10-9+. The molecule has 2 rings (SSSR count). The van der Waals surface area contributed by atoms with Crippen molar-refractivity contribution in [3.05, 3.63) is 87.7 Å². The highest BCUT2D eigenvalue weighted by Gasteiger charge is 2.13. The number of rotatable bonds is 5. The molecule has 0 bridgehead atoms. The third-order valence-corrected chi connectivity index (χ3v) is 2.89. The average Bonchev–Trinajstić information content (AvgIpc) is 2.47. The molecule has 0 radical (unpaired) electrons. The lowest BCUT2D eigenvalue weighted by atomic mass is 10.0. The van der Waals surface area contributed by atoms with Crippen LogP contribution in [0.5, 0.6) is 0 Å². The van der Waals surface area contributed by atoms with Crippen molar-refractivity contribution < 1.29 is 9.72 Å². The Hall–Kier alpha value is -2.95. The Balaban J connectivity index is 2.35. The molecule has 5 nitrogen and oxygen atoms in total. The summed E-state index contributed by atoms with van der Waals surface area (Å²) in [5, 5.41) is 13.1. The van der Waals surface area contributed by atoms with Crippen LogP contribution in [-0.2, 0) is 0 Å². The molecule has 0 aliphatic carbocycles. The third kappa shape index (κ3) is 3.76. The average molecular weight is 282 g/mol. The summed E-state index contributed by atoms with van der Waals surface area (Å²) in [6.45, 7) is 1.89. The molecule has 0 aliphatic heterocycles. The molecule has 0 unspecified atom stereocenters. The van der Waals surface area contributed by atoms with Crippen molar-refractivity contribution in [1.82, 2.24) is 0 Å². The number of aryl methyl sites for hydroxylation is 1. The van der Waals surface area contributed by atoms with Crippen molar-refractivity contribution in [2.45, 2.75) is 6.92 Å². The minimum absolute atomic E-state index is 0.132. The molecule has 0 spiro atoms. The van der Waals surface area contributed by atoms with E-state index in [0.717, 1.165) is 11.8 Å². The zero-order valence-corrected chi connectivity index (χ0v) is 11.4. The number of hydrogen-bond donors (Lipinski definition) is 1. The lowest BCUT2D eigenvalue weighted by Gasteiger charge is -2.09. The van der Waals surface area contributed by atoms with E-state index in [0.29, 0.717) is 16.8 Å². The molecule has 0 aromatic heterocycles. The number of anilines is 1. The first-order chi connectivity index (χ1) is 10.1. The summed E-state index contributed by atoms with van der Waals surface area (Å²) in [4.78, 5) is 22.2. The molecule has 0 saturated carbocycles. The number of hydrogen-bond acceptors (Lipinski definition) is 4. The molecule has 106 valence electrons. The van der Waals surface area contributed by atoms with E-state index in [4.69, 9.17) is 0 Å². The van der Waals surface area contributed by atoms with Crippen LogP contribution in [0, 0.1) is 17.0 Å². The molecule has 0 atom stereocenters. The predicted octanol–water partition coefficient (Wildman–Crippen LogP) is 3.39. The summed E-state index contributed by atoms with van der Waals surface area (Å²) in [5.74, 6) is -0.132. The van der Waals surface area contributed by atoms with Crippen molar-refractivity contribution in [3.8, 4) is 0 Å². The molecule has 2 aromatic rings. The topological polar surface area (TPSA) is 72.2 Å². The first-order valence-corrected chi connectivity index (χ1v) is 6.35. The Kier molecular flexibility index (Phi) is 4.46. The van der Waals surface area contributed by atoms with Gasteiger partial charge in [-0.05, 0) is 24.6 Å². The molecular weight excluding hydrogens is 268 g/mol. The highest BCUT2D eigenvalue weighted by atomic mass is 16.6. The van der Waals surface area contributed by atoms with Gasteiger partial charge in [0.2, 0.25) is 6.20 Å². The normalized spacial score (nSPS) is 10.5. The lowest BCUT2D eigenvalue weighted by molar-refractivity contribution is -0.402. The van der Waals surface area contributed by atoms with Gasteiger partial charge in [-0.1, -0.05) is 36.4 Å². The molecule has 0 amide bonds. The predicted molar refractivity (Wildman–Crippen MR) is 80.8 cm³/mol. The summed E-state index contributed by atoms with van der Waals surface area (Å²) in [5.41, 5.74) is 2.54. The Labute approximate surface area is 122 Å². The summed E-state index contributed by atoms with van der Waals surface area (Å²) in [6.07, 6.45) is 2.00. The van der Waals surface area contributed by atoms with Crippen LogP contribution in [0.3, 0.4) is 0 Å². The van der Waals surface area contributed by atoms with Gasteiger partial charge >= 0.3 is 0 Å². The summed E-state index contributed by atoms with van der Waals surface area (Å²) >= 11 is 0. The number of nitro groups is 1. The van der Waals surface area contributed by atoms with E-state index in [9.17, 15) is 14.9 Å². The zero-order valence-electron chi connectivity index (χ0n) is 11.4. The smallest absolute Gasteiger partial charge is 0.250 e. The minimum Gasteiger partial charge on any atom is -0.356 e. The second-order valence-corrected chi connectivity index (χ2v) is 4.49. The van der Waals surface area contributed by atoms with Crippen LogP contribution in [0.2, 0.25) is 0 Å². The van der Waals surface area contributed by atoms with Crippen molar-refractivity contribution in [2.24, 2.45) is 0 Å². The van der Waals surface area contributed by atoms with Gasteiger partial charge in [0.15, 0.2) is 5.78 Å². The molecule has 0 fully saturated rings. The zero-order chi connectivity index (χ0) is 15.2. The van der Waals surface area contributed by atoms with Gasteiger partial charge in [-0.15, -0.1) is 0 Å². The molecule has 0 aliphatic rings. The van der Waals surface area contributed by atoms with Gasteiger partial charge < -0.3 is 5.32 Å². The molecule has 0 saturated heterocycles. The van der Waals surface area contributed by atoms with Crippen LogP contribution in [0.4, 0.5) is 5.69 Å². The summed E-state index contributed by atoms with van der Waals surface area (Å²) in [6, 6.07) is 14.2. The fraction of sp³-hybridized carbons (Fsp3) is 0.0625. The fourth-order valence-corrected chi connectivity index (χ4v) is 1.91. The number of ketones is 1. The number of carbonyl (C=O) groups is 1. The number of nitrogens with one attached hydrogen (secondary N) is 1. The van der Waals surface area contributed by atoms with Crippen LogP contribution in [-0.4, -0.2) is 10.7 Å². The van der Waals surface area contributed by atoms with Crippen molar-refractivity contribution in [2.75, 3.05) is 5.32 Å². The van der Waals surface area contributed by atoms with E-state index in [1.54, 1.807) is 36.4 Å². The molecule has 0 heterocycles. The first-order valence-electron chi connectivity index (χ1n) is 6.35. The maximum atomic E-state index is 12.5. The Morgan fingerprint density at radius 1 is 1.19 bits per heavy atom. The highest BCUT2D eigenvalue weighted by Crippen LogP contribution is 2.21. The van der Waals surface area contributed by atoms with Gasteiger partial charge in [0, 0.05) is 16.8 Å². The summed E-state index contributed by atoms with van der Waals surface area (Å²) in [7, 11) is 0. The number of benzene rings is 2. The second-order valence-electron chi connectivity index (χ2n) is 4.49. The lowest BCUT2D eigenvalue weighted by Crippen LogP contribution is -2.05. The summed E-state index contributed by atoms with van der Waals surface area (Å²) < 4.78 is 0. The van der Waals surface area contributed by atoms with Crippen LogP contribution in [0.15, 0.2) is 60.9 Å². The molecular formula is C16H14N2O3. The van der Waals surface area contributed by atoms with Crippen LogP contribution < -0.4 is 5.32 Å². The Morgan fingerprint density at radius 3 is 2.57 bits per heavy atom. The maximum absolute atomic E-state index is 12.5. The van der Waals surface area contributed by atoms with Gasteiger partial charge in [0.1, 0.15) is 0 Å². The van der Waals surface area contributed by atoms with Crippen LogP contribution >= 0.6 is 0 Å². The number of nitrogens with zero attached hydrogens (tertiary/aromatic N) is 1. The Morgan fingerprint density at radius 2 is 1.90 bits per heavy atom. The van der Waals surface area contributed by atoms with Crippen molar-refractivity contribution >= 4 is 11.5 Å². The Bertz CT molecular complexity index is 694. The van der Waals surface area contributed by atoms with Gasteiger partial charge in [-0.2, -0.15) is 0 Å². The van der Waals surface area contributed by atoms with E-state index in [1.807, 2.05) is 19.1 Å². The van der Waals surface area contributed by atoms with E-state index in [2.05, 4.69) is 5.32 Å². The van der Waals surface area contributed by atoms with Crippen molar-refractivity contribution in [1.29, 1.82) is 0 Å². The molecule has 5 heteroatoms. The van der Waals surface area contributed by atoms with Crippen LogP contribution in [0.1, 0.15) is 21.5 Å². The second kappa shape index (κ2) is 6.47. The molecule has 1 N–H and O–H groups in total. The quantitative estimate of drug-likeness (QED) is 0.518. The van der Waals surface area contributed by atoms with E-state index >= 15 is 0 Å². The molecule has 21 heavy (non-hydrogen) atoms. The van der Waals surface area contributed by atoms with Gasteiger partial charge in [-0.3, -0.25) is 14.9 Å². The van der Waals surface area contributed by atoms with E-state index in [1.165, 1.54) is 6.20 Å². The van der Waals surface area contributed by atoms with Gasteiger partial charge in [0.25, 0.3) is 0 Å². The third-order valence-electron chi connectivity index (χ3n) is 2.89. The van der Waals surface area contributed by atoms with Gasteiger partial charge in [0.05, 0.1) is 11.1 Å². The fourth-order valence-electron chi connectivity index (χ4n) is 1.91. The highest BCUT2D eigenvalue weighted by molar-refractivity contribution is 6.12. The van der Waals surface area contributed by atoms with Gasteiger partial charge in [-0.25, -0.2) is 0 Å². The van der Waals surface area contributed by atoms with Crippen LogP contribution in [0.25, 0.3) is 0 Å². The van der Waals surface area contributed by atoms with E-state index < -0.39 is 4.92 Å².